The SMILES string of the molecule is CC(=O)NC(Cc1c(Br)ccc2sccc12)C(=O)O. The zero-order valence-corrected chi connectivity index (χ0v) is 12.5. The Balaban J connectivity index is 2.37. The quantitative estimate of drug-likeness (QED) is 0.898. The molecule has 1 heterocycles. The molecule has 4 nitrogen and oxygen atoms in total. The van der Waals surface area contributed by atoms with Gasteiger partial charge in [0, 0.05) is 22.5 Å². The molecule has 0 bridgehead atoms. The summed E-state index contributed by atoms with van der Waals surface area (Å²) in [5.74, 6) is -1.38. The molecular weight excluding hydrogens is 330 g/mol. The van der Waals surface area contributed by atoms with E-state index in [4.69, 9.17) is 5.11 Å². The van der Waals surface area contributed by atoms with Gasteiger partial charge in [0.25, 0.3) is 0 Å². The smallest absolute Gasteiger partial charge is 0.326 e. The second-order valence-electron chi connectivity index (χ2n) is 4.15. The fourth-order valence-electron chi connectivity index (χ4n) is 1.93. The summed E-state index contributed by atoms with van der Waals surface area (Å²) in [6, 6.07) is 4.94. The van der Waals surface area contributed by atoms with Gasteiger partial charge in [-0.15, -0.1) is 11.3 Å². The molecule has 0 spiro atoms. The first-order valence-corrected chi connectivity index (χ1v) is 7.31. The van der Waals surface area contributed by atoms with Crippen LogP contribution in [0, 0.1) is 0 Å². The number of halogens is 1. The fraction of sp³-hybridized carbons (Fsp3) is 0.231. The van der Waals surface area contributed by atoms with Gasteiger partial charge >= 0.3 is 5.97 Å². The van der Waals surface area contributed by atoms with Crippen LogP contribution < -0.4 is 5.32 Å². The molecule has 0 aliphatic heterocycles. The third kappa shape index (κ3) is 3.13. The summed E-state index contributed by atoms with van der Waals surface area (Å²) < 4.78 is 1.96. The minimum absolute atomic E-state index is 0.254. The molecule has 1 atom stereocenters. The third-order valence-corrected chi connectivity index (χ3v) is 4.40. The second kappa shape index (κ2) is 5.71. The van der Waals surface area contributed by atoms with Crippen LogP contribution in [0.1, 0.15) is 12.5 Å². The van der Waals surface area contributed by atoms with Gasteiger partial charge < -0.3 is 10.4 Å². The Morgan fingerprint density at radius 1 is 1.42 bits per heavy atom. The molecule has 1 unspecified atom stereocenters. The predicted molar refractivity (Wildman–Crippen MR) is 78.5 cm³/mol. The Hall–Kier alpha value is -1.40. The maximum Gasteiger partial charge on any atom is 0.326 e. The van der Waals surface area contributed by atoms with E-state index in [1.54, 1.807) is 11.3 Å². The Labute approximate surface area is 122 Å². The third-order valence-electron chi connectivity index (χ3n) is 2.77. The summed E-state index contributed by atoms with van der Waals surface area (Å²) in [6.45, 7) is 1.32. The van der Waals surface area contributed by atoms with E-state index >= 15 is 0 Å². The predicted octanol–water partition coefficient (Wildman–Crippen LogP) is 2.80. The van der Waals surface area contributed by atoms with Crippen LogP contribution in [0.4, 0.5) is 0 Å². The molecule has 2 rings (SSSR count). The number of carbonyl (C=O) groups excluding carboxylic acids is 1. The number of carboxylic acid groups (broad SMARTS) is 1. The van der Waals surface area contributed by atoms with Gasteiger partial charge in [0.15, 0.2) is 0 Å². The van der Waals surface area contributed by atoms with Crippen molar-refractivity contribution in [1.82, 2.24) is 5.32 Å². The average Bonchev–Trinajstić information content (AvgIpc) is 2.79. The highest BCUT2D eigenvalue weighted by molar-refractivity contribution is 9.10. The summed E-state index contributed by atoms with van der Waals surface area (Å²) >= 11 is 5.05. The molecule has 2 aromatic rings. The van der Waals surface area contributed by atoms with Gasteiger partial charge in [-0.1, -0.05) is 15.9 Å². The van der Waals surface area contributed by atoms with Crippen molar-refractivity contribution < 1.29 is 14.7 Å². The first kappa shape index (κ1) is 14.0. The van der Waals surface area contributed by atoms with Crippen molar-refractivity contribution >= 4 is 49.2 Å². The molecule has 1 aromatic carbocycles. The van der Waals surface area contributed by atoms with Gasteiger partial charge in [0.2, 0.25) is 5.91 Å². The summed E-state index contributed by atoms with van der Waals surface area (Å²) in [5.41, 5.74) is 0.903. The van der Waals surface area contributed by atoms with Crippen molar-refractivity contribution in [1.29, 1.82) is 0 Å². The summed E-state index contributed by atoms with van der Waals surface area (Å²) in [7, 11) is 0. The van der Waals surface area contributed by atoms with E-state index in [2.05, 4.69) is 21.2 Å². The molecule has 0 fully saturated rings. The maximum absolute atomic E-state index is 11.2. The number of benzene rings is 1. The van der Waals surface area contributed by atoms with E-state index < -0.39 is 12.0 Å². The van der Waals surface area contributed by atoms with Crippen molar-refractivity contribution in [2.24, 2.45) is 0 Å². The number of fused-ring (bicyclic) bond motifs is 1. The molecule has 0 radical (unpaired) electrons. The van der Waals surface area contributed by atoms with Gasteiger partial charge in [-0.2, -0.15) is 0 Å². The van der Waals surface area contributed by atoms with Crippen molar-refractivity contribution in [3.63, 3.8) is 0 Å². The van der Waals surface area contributed by atoms with Crippen LogP contribution in [0.15, 0.2) is 28.1 Å². The highest BCUT2D eigenvalue weighted by Gasteiger charge is 2.21. The highest BCUT2D eigenvalue weighted by atomic mass is 79.9. The number of hydrogen-bond acceptors (Lipinski definition) is 3. The Bertz CT molecular complexity index is 638. The molecule has 1 aromatic heterocycles. The lowest BCUT2D eigenvalue weighted by molar-refractivity contribution is -0.141. The van der Waals surface area contributed by atoms with Gasteiger partial charge in [0.05, 0.1) is 0 Å². The van der Waals surface area contributed by atoms with Crippen molar-refractivity contribution in [3.8, 4) is 0 Å². The van der Waals surface area contributed by atoms with Gasteiger partial charge in [-0.25, -0.2) is 4.79 Å². The topological polar surface area (TPSA) is 66.4 Å². The van der Waals surface area contributed by atoms with E-state index in [1.165, 1.54) is 6.92 Å². The lowest BCUT2D eigenvalue weighted by Crippen LogP contribution is -2.41. The average molecular weight is 342 g/mol. The van der Waals surface area contributed by atoms with Crippen LogP contribution >= 0.6 is 27.3 Å². The van der Waals surface area contributed by atoms with Crippen LogP contribution in [0.25, 0.3) is 10.1 Å². The normalized spacial score (nSPS) is 12.3. The summed E-state index contributed by atoms with van der Waals surface area (Å²) in [4.78, 5) is 22.3. The summed E-state index contributed by atoms with van der Waals surface area (Å²) in [6.07, 6.45) is 0.254. The first-order valence-electron chi connectivity index (χ1n) is 5.63. The molecule has 19 heavy (non-hydrogen) atoms. The molecule has 100 valence electrons. The molecule has 0 saturated carbocycles. The maximum atomic E-state index is 11.2. The van der Waals surface area contributed by atoms with Crippen LogP contribution in [-0.2, 0) is 16.0 Å². The van der Waals surface area contributed by atoms with Crippen LogP contribution in [0.2, 0.25) is 0 Å². The van der Waals surface area contributed by atoms with E-state index in [0.29, 0.717) is 0 Å². The molecule has 2 N–H and O–H groups in total. The number of rotatable bonds is 4. The minimum Gasteiger partial charge on any atom is -0.480 e. The van der Waals surface area contributed by atoms with E-state index in [-0.39, 0.29) is 12.3 Å². The lowest BCUT2D eigenvalue weighted by atomic mass is 10.0. The van der Waals surface area contributed by atoms with Gasteiger partial charge in [0.1, 0.15) is 6.04 Å². The van der Waals surface area contributed by atoms with Crippen molar-refractivity contribution in [2.75, 3.05) is 0 Å². The zero-order valence-electron chi connectivity index (χ0n) is 10.1. The van der Waals surface area contributed by atoms with Gasteiger partial charge in [-0.05, 0) is 34.5 Å². The Morgan fingerprint density at radius 3 is 2.79 bits per heavy atom. The number of aliphatic carboxylic acids is 1. The Kier molecular flexibility index (Phi) is 4.21. The monoisotopic (exact) mass is 341 g/mol. The fourth-order valence-corrected chi connectivity index (χ4v) is 3.26. The second-order valence-corrected chi connectivity index (χ2v) is 5.96. The number of nitrogens with one attached hydrogen (secondary N) is 1. The highest BCUT2D eigenvalue weighted by Crippen LogP contribution is 2.31. The Morgan fingerprint density at radius 2 is 2.16 bits per heavy atom. The van der Waals surface area contributed by atoms with Crippen LogP contribution in [0.3, 0.4) is 0 Å². The molecule has 0 saturated heterocycles. The lowest BCUT2D eigenvalue weighted by Gasteiger charge is -2.15. The van der Waals surface area contributed by atoms with Crippen LogP contribution in [0.5, 0.6) is 0 Å². The largest absolute Gasteiger partial charge is 0.480 e. The number of carbonyl (C=O) groups is 2. The van der Waals surface area contributed by atoms with E-state index in [1.807, 2.05) is 23.6 Å². The van der Waals surface area contributed by atoms with Crippen LogP contribution in [-0.4, -0.2) is 23.0 Å². The number of carboxylic acids is 1. The van der Waals surface area contributed by atoms with Gasteiger partial charge in [-0.3, -0.25) is 4.79 Å². The molecular formula is C13H12BrNO3S. The van der Waals surface area contributed by atoms with Crippen molar-refractivity contribution in [2.45, 2.75) is 19.4 Å². The van der Waals surface area contributed by atoms with Crippen molar-refractivity contribution in [3.05, 3.63) is 33.6 Å². The standard InChI is InChI=1S/C13H12BrNO3S/c1-7(16)15-11(13(17)18)6-9-8-4-5-19-12(8)3-2-10(9)14/h2-5,11H,6H2,1H3,(H,15,16)(H,17,18). The number of thiophene rings is 1. The molecule has 1 amide bonds. The molecule has 0 aliphatic carbocycles. The first-order chi connectivity index (χ1) is 8.99. The minimum atomic E-state index is -1.03. The summed E-state index contributed by atoms with van der Waals surface area (Å²) in [5, 5.41) is 14.6. The number of hydrogen-bond donors (Lipinski definition) is 2. The zero-order chi connectivity index (χ0) is 14.0. The number of amides is 1. The van der Waals surface area contributed by atoms with E-state index in [9.17, 15) is 9.59 Å². The molecule has 6 heteroatoms. The molecule has 0 aliphatic rings. The van der Waals surface area contributed by atoms with E-state index in [0.717, 1.165) is 20.1 Å².